The predicted octanol–water partition coefficient (Wildman–Crippen LogP) is 4.06. The first-order valence-electron chi connectivity index (χ1n) is 5.66. The van der Waals surface area contributed by atoms with Crippen LogP contribution in [-0.4, -0.2) is 10.1 Å². The highest BCUT2D eigenvalue weighted by Gasteiger charge is 2.09. The maximum absolute atomic E-state index is 9.89. The van der Waals surface area contributed by atoms with Gasteiger partial charge in [-0.3, -0.25) is 0 Å². The summed E-state index contributed by atoms with van der Waals surface area (Å²) in [6.07, 6.45) is 3.85. The van der Waals surface area contributed by atoms with Crippen LogP contribution in [0, 0.1) is 0 Å². The Morgan fingerprint density at radius 1 is 1.06 bits per heavy atom. The SMILES string of the molecule is C/C=C/c1c(O)ccc2c1[nH]c1ccccc12. The van der Waals surface area contributed by atoms with Gasteiger partial charge in [-0.05, 0) is 25.1 Å². The minimum Gasteiger partial charge on any atom is -0.507 e. The van der Waals surface area contributed by atoms with Crippen LogP contribution in [0.4, 0.5) is 0 Å². The molecule has 3 aromatic rings. The Bertz CT molecular complexity index is 722. The fourth-order valence-corrected chi connectivity index (χ4v) is 2.26. The quantitative estimate of drug-likeness (QED) is 0.641. The van der Waals surface area contributed by atoms with Gasteiger partial charge < -0.3 is 10.1 Å². The number of aromatic nitrogens is 1. The molecule has 2 nitrogen and oxygen atoms in total. The monoisotopic (exact) mass is 223 g/mol. The molecule has 0 radical (unpaired) electrons. The van der Waals surface area contributed by atoms with Crippen molar-refractivity contribution in [2.75, 3.05) is 0 Å². The summed E-state index contributed by atoms with van der Waals surface area (Å²) in [4.78, 5) is 3.36. The number of hydrogen-bond acceptors (Lipinski definition) is 1. The van der Waals surface area contributed by atoms with E-state index < -0.39 is 0 Å². The number of hydrogen-bond donors (Lipinski definition) is 2. The zero-order valence-corrected chi connectivity index (χ0v) is 9.57. The average molecular weight is 223 g/mol. The van der Waals surface area contributed by atoms with Crippen LogP contribution in [0.25, 0.3) is 27.9 Å². The van der Waals surface area contributed by atoms with E-state index in [0.717, 1.165) is 22.0 Å². The lowest BCUT2D eigenvalue weighted by molar-refractivity contribution is 0.475. The van der Waals surface area contributed by atoms with E-state index in [0.29, 0.717) is 5.75 Å². The summed E-state index contributed by atoms with van der Waals surface area (Å²) in [5, 5.41) is 12.2. The molecule has 0 atom stereocenters. The highest BCUT2D eigenvalue weighted by Crippen LogP contribution is 2.32. The molecule has 0 saturated carbocycles. The van der Waals surface area contributed by atoms with Crippen molar-refractivity contribution in [1.29, 1.82) is 0 Å². The van der Waals surface area contributed by atoms with Crippen LogP contribution < -0.4 is 0 Å². The maximum atomic E-state index is 9.89. The molecular weight excluding hydrogens is 210 g/mol. The van der Waals surface area contributed by atoms with Gasteiger partial charge in [0, 0.05) is 21.9 Å². The number of phenolic OH excluding ortho intramolecular Hbond substituents is 1. The number of fused-ring (bicyclic) bond motifs is 3. The highest BCUT2D eigenvalue weighted by atomic mass is 16.3. The molecule has 0 bridgehead atoms. The normalized spacial score (nSPS) is 11.8. The van der Waals surface area contributed by atoms with Crippen molar-refractivity contribution in [3.8, 4) is 5.75 Å². The zero-order valence-electron chi connectivity index (χ0n) is 9.57. The van der Waals surface area contributed by atoms with Crippen LogP contribution in [0.5, 0.6) is 5.75 Å². The first kappa shape index (κ1) is 9.97. The molecule has 0 unspecified atom stereocenters. The van der Waals surface area contributed by atoms with Crippen LogP contribution in [-0.2, 0) is 0 Å². The number of aromatic hydroxyl groups is 1. The average Bonchev–Trinajstić information content (AvgIpc) is 2.72. The van der Waals surface area contributed by atoms with E-state index in [1.54, 1.807) is 6.07 Å². The number of para-hydroxylation sites is 1. The van der Waals surface area contributed by atoms with E-state index in [1.165, 1.54) is 5.39 Å². The lowest BCUT2D eigenvalue weighted by Crippen LogP contribution is -1.78. The van der Waals surface area contributed by atoms with Crippen LogP contribution in [0.1, 0.15) is 12.5 Å². The van der Waals surface area contributed by atoms with Gasteiger partial charge >= 0.3 is 0 Å². The van der Waals surface area contributed by atoms with E-state index in [4.69, 9.17) is 0 Å². The number of H-pyrrole nitrogens is 1. The molecule has 17 heavy (non-hydrogen) atoms. The largest absolute Gasteiger partial charge is 0.507 e. The Labute approximate surface area is 99.2 Å². The van der Waals surface area contributed by atoms with Crippen molar-refractivity contribution < 1.29 is 5.11 Å². The van der Waals surface area contributed by atoms with Crippen molar-refractivity contribution in [3.63, 3.8) is 0 Å². The van der Waals surface area contributed by atoms with Crippen molar-refractivity contribution >= 4 is 27.9 Å². The van der Waals surface area contributed by atoms with Crippen molar-refractivity contribution in [3.05, 3.63) is 48.0 Å². The zero-order chi connectivity index (χ0) is 11.8. The summed E-state index contributed by atoms with van der Waals surface area (Å²) in [7, 11) is 0. The fraction of sp³-hybridized carbons (Fsp3) is 0.0667. The van der Waals surface area contributed by atoms with Crippen molar-refractivity contribution in [2.24, 2.45) is 0 Å². The van der Waals surface area contributed by atoms with Crippen molar-refractivity contribution in [2.45, 2.75) is 6.92 Å². The Morgan fingerprint density at radius 3 is 2.71 bits per heavy atom. The molecular formula is C15H13NO. The van der Waals surface area contributed by atoms with E-state index in [-0.39, 0.29) is 0 Å². The molecule has 2 heteroatoms. The fourth-order valence-electron chi connectivity index (χ4n) is 2.26. The Morgan fingerprint density at radius 2 is 1.88 bits per heavy atom. The molecule has 84 valence electrons. The molecule has 2 aromatic carbocycles. The van der Waals surface area contributed by atoms with E-state index in [9.17, 15) is 5.11 Å². The van der Waals surface area contributed by atoms with Crippen LogP contribution in [0.2, 0.25) is 0 Å². The summed E-state index contributed by atoms with van der Waals surface area (Å²) in [6, 6.07) is 11.9. The number of allylic oxidation sites excluding steroid dienone is 1. The Kier molecular flexibility index (Phi) is 2.15. The number of aromatic amines is 1. The predicted molar refractivity (Wildman–Crippen MR) is 72.2 cm³/mol. The second kappa shape index (κ2) is 3.67. The van der Waals surface area contributed by atoms with E-state index in [1.807, 2.05) is 43.3 Å². The van der Waals surface area contributed by atoms with Gasteiger partial charge in [-0.25, -0.2) is 0 Å². The van der Waals surface area contributed by atoms with Crippen LogP contribution in [0.15, 0.2) is 42.5 Å². The summed E-state index contributed by atoms with van der Waals surface area (Å²) < 4.78 is 0. The third-order valence-corrected chi connectivity index (χ3v) is 3.03. The molecule has 2 N–H and O–H groups in total. The second-order valence-corrected chi connectivity index (χ2v) is 4.09. The van der Waals surface area contributed by atoms with Crippen LogP contribution in [0.3, 0.4) is 0 Å². The first-order valence-corrected chi connectivity index (χ1v) is 5.66. The molecule has 3 rings (SSSR count). The van der Waals surface area contributed by atoms with Gasteiger partial charge in [-0.2, -0.15) is 0 Å². The third-order valence-electron chi connectivity index (χ3n) is 3.03. The minimum atomic E-state index is 0.308. The molecule has 0 aliphatic rings. The first-order chi connectivity index (χ1) is 8.31. The summed E-state index contributed by atoms with van der Waals surface area (Å²) >= 11 is 0. The van der Waals surface area contributed by atoms with Gasteiger partial charge in [0.25, 0.3) is 0 Å². The van der Waals surface area contributed by atoms with Gasteiger partial charge in [-0.1, -0.05) is 30.4 Å². The lowest BCUT2D eigenvalue weighted by Gasteiger charge is -2.00. The second-order valence-electron chi connectivity index (χ2n) is 4.09. The van der Waals surface area contributed by atoms with Gasteiger partial charge in [0.2, 0.25) is 0 Å². The molecule has 0 aliphatic carbocycles. The summed E-state index contributed by atoms with van der Waals surface area (Å²) in [5.41, 5.74) is 2.93. The van der Waals surface area contributed by atoms with E-state index in [2.05, 4.69) is 11.1 Å². The molecule has 0 saturated heterocycles. The molecule has 1 aromatic heterocycles. The number of phenols is 1. The summed E-state index contributed by atoms with van der Waals surface area (Å²) in [6.45, 7) is 1.95. The van der Waals surface area contributed by atoms with Crippen molar-refractivity contribution in [1.82, 2.24) is 4.98 Å². The number of rotatable bonds is 1. The molecule has 0 aliphatic heterocycles. The lowest BCUT2D eigenvalue weighted by atomic mass is 10.1. The Balaban J connectivity index is 2.51. The van der Waals surface area contributed by atoms with Crippen LogP contribution >= 0.6 is 0 Å². The molecule has 0 amide bonds. The highest BCUT2D eigenvalue weighted by molar-refractivity contribution is 6.10. The number of nitrogens with one attached hydrogen (secondary N) is 1. The standard InChI is InChI=1S/C15H13NO/c1-2-5-12-14(17)9-8-11-10-6-3-4-7-13(10)16-15(11)12/h2-9,16-17H,1H3/b5-2+. The molecule has 1 heterocycles. The van der Waals surface area contributed by atoms with Gasteiger partial charge in [0.15, 0.2) is 0 Å². The topological polar surface area (TPSA) is 36.0 Å². The maximum Gasteiger partial charge on any atom is 0.124 e. The third kappa shape index (κ3) is 1.41. The number of benzene rings is 2. The molecule has 0 fully saturated rings. The molecule has 0 spiro atoms. The summed E-state index contributed by atoms with van der Waals surface area (Å²) in [5.74, 6) is 0.308. The Hall–Kier alpha value is -2.22. The smallest absolute Gasteiger partial charge is 0.124 e. The van der Waals surface area contributed by atoms with E-state index >= 15 is 0 Å². The van der Waals surface area contributed by atoms with Gasteiger partial charge in [0.1, 0.15) is 5.75 Å². The van der Waals surface area contributed by atoms with Gasteiger partial charge in [0.05, 0.1) is 5.52 Å². The minimum absolute atomic E-state index is 0.308. The van der Waals surface area contributed by atoms with Gasteiger partial charge in [-0.15, -0.1) is 0 Å².